The van der Waals surface area contributed by atoms with Gasteiger partial charge in [0, 0.05) is 29.4 Å². The summed E-state index contributed by atoms with van der Waals surface area (Å²) >= 11 is 1.78. The summed E-state index contributed by atoms with van der Waals surface area (Å²) in [6.07, 6.45) is 2.86. The Balaban J connectivity index is 2.18. The molecule has 0 saturated carbocycles. The Bertz CT molecular complexity index is 559. The maximum Gasteiger partial charge on any atom is 0.136 e. The molecule has 88 valence electrons. The highest BCUT2D eigenvalue weighted by atomic mass is 32.2. The van der Waals surface area contributed by atoms with E-state index in [1.54, 1.807) is 11.8 Å². The number of anilines is 1. The van der Waals surface area contributed by atoms with E-state index in [1.165, 1.54) is 5.56 Å². The number of nitrogens with zero attached hydrogens (tertiary/aromatic N) is 2. The van der Waals surface area contributed by atoms with Crippen molar-refractivity contribution in [2.24, 2.45) is 0 Å². The first-order valence-corrected chi connectivity index (χ1v) is 6.64. The molecule has 0 bridgehead atoms. The molecule has 0 amide bonds. The quantitative estimate of drug-likeness (QED) is 0.864. The van der Waals surface area contributed by atoms with E-state index in [1.807, 2.05) is 18.3 Å². The maximum absolute atomic E-state index is 8.88. The molecule has 0 fully saturated rings. The molecule has 2 aromatic heterocycles. The van der Waals surface area contributed by atoms with Crippen molar-refractivity contribution in [2.45, 2.75) is 11.4 Å². The molecule has 0 saturated heterocycles. The summed E-state index contributed by atoms with van der Waals surface area (Å²) in [5, 5.41) is 14.2. The van der Waals surface area contributed by atoms with E-state index in [9.17, 15) is 0 Å². The summed E-state index contributed by atoms with van der Waals surface area (Å²) in [4.78, 5) is 9.09. The second-order valence-electron chi connectivity index (χ2n) is 3.89. The second-order valence-corrected chi connectivity index (χ2v) is 4.98. The van der Waals surface area contributed by atoms with Crippen LogP contribution in [0.3, 0.4) is 0 Å². The molecule has 3 rings (SSSR count). The van der Waals surface area contributed by atoms with Gasteiger partial charge >= 0.3 is 0 Å². The summed E-state index contributed by atoms with van der Waals surface area (Å²) in [6, 6.07) is 3.95. The lowest BCUT2D eigenvalue weighted by atomic mass is 10.1. The summed E-state index contributed by atoms with van der Waals surface area (Å²) in [6.45, 7) is 0.619. The van der Waals surface area contributed by atoms with Crippen molar-refractivity contribution in [3.8, 4) is 0 Å². The van der Waals surface area contributed by atoms with Crippen LogP contribution in [0.2, 0.25) is 0 Å². The normalized spacial score (nSPS) is 13.9. The molecule has 0 atom stereocenters. The second kappa shape index (κ2) is 4.50. The van der Waals surface area contributed by atoms with Crippen molar-refractivity contribution in [1.82, 2.24) is 9.97 Å². The summed E-state index contributed by atoms with van der Waals surface area (Å²) in [5.41, 5.74) is 2.31. The SMILES string of the molecule is OCCNc1nc2c(c3ncccc13)CCS2. The van der Waals surface area contributed by atoms with E-state index < -0.39 is 0 Å². The molecule has 2 aromatic rings. The monoisotopic (exact) mass is 247 g/mol. The van der Waals surface area contributed by atoms with Gasteiger partial charge in [0.25, 0.3) is 0 Å². The van der Waals surface area contributed by atoms with Crippen LogP contribution >= 0.6 is 11.8 Å². The Morgan fingerprint density at radius 3 is 3.29 bits per heavy atom. The number of rotatable bonds is 3. The van der Waals surface area contributed by atoms with Gasteiger partial charge in [0.2, 0.25) is 0 Å². The van der Waals surface area contributed by atoms with E-state index in [4.69, 9.17) is 5.11 Å². The molecule has 3 heterocycles. The number of pyridine rings is 2. The number of thioether (sulfide) groups is 1. The maximum atomic E-state index is 8.88. The smallest absolute Gasteiger partial charge is 0.136 e. The van der Waals surface area contributed by atoms with Gasteiger partial charge in [-0.3, -0.25) is 4.98 Å². The van der Waals surface area contributed by atoms with E-state index in [2.05, 4.69) is 15.3 Å². The van der Waals surface area contributed by atoms with E-state index in [0.29, 0.717) is 6.54 Å². The van der Waals surface area contributed by atoms with Gasteiger partial charge < -0.3 is 10.4 Å². The van der Waals surface area contributed by atoms with Gasteiger partial charge in [-0.1, -0.05) is 0 Å². The first-order valence-electron chi connectivity index (χ1n) is 5.65. The molecule has 0 radical (unpaired) electrons. The first kappa shape index (κ1) is 10.8. The minimum Gasteiger partial charge on any atom is -0.395 e. The van der Waals surface area contributed by atoms with Crippen molar-refractivity contribution in [1.29, 1.82) is 0 Å². The van der Waals surface area contributed by atoms with Gasteiger partial charge in [0.05, 0.1) is 12.1 Å². The van der Waals surface area contributed by atoms with Crippen LogP contribution in [0, 0.1) is 0 Å². The number of fused-ring (bicyclic) bond motifs is 3. The summed E-state index contributed by atoms with van der Waals surface area (Å²) in [5.74, 6) is 1.91. The van der Waals surface area contributed by atoms with Crippen LogP contribution in [-0.4, -0.2) is 34.0 Å². The molecule has 0 aromatic carbocycles. The Morgan fingerprint density at radius 1 is 1.47 bits per heavy atom. The molecule has 0 aliphatic carbocycles. The highest BCUT2D eigenvalue weighted by Crippen LogP contribution is 2.36. The number of aryl methyl sites for hydroxylation is 1. The molecule has 5 heteroatoms. The van der Waals surface area contributed by atoms with E-state index in [0.717, 1.165) is 33.9 Å². The van der Waals surface area contributed by atoms with Crippen LogP contribution in [0.5, 0.6) is 0 Å². The van der Waals surface area contributed by atoms with Crippen LogP contribution in [0.4, 0.5) is 5.82 Å². The third-order valence-electron chi connectivity index (χ3n) is 2.82. The van der Waals surface area contributed by atoms with E-state index >= 15 is 0 Å². The summed E-state index contributed by atoms with van der Waals surface area (Å²) < 4.78 is 0. The Kier molecular flexibility index (Phi) is 2.86. The fourth-order valence-electron chi connectivity index (χ4n) is 2.07. The fraction of sp³-hybridized carbons (Fsp3) is 0.333. The van der Waals surface area contributed by atoms with Crippen molar-refractivity contribution in [2.75, 3.05) is 24.2 Å². The number of hydrogen-bond acceptors (Lipinski definition) is 5. The molecular weight excluding hydrogens is 234 g/mol. The molecular formula is C12H13N3OS. The zero-order valence-electron chi connectivity index (χ0n) is 9.31. The van der Waals surface area contributed by atoms with Crippen molar-refractivity contribution >= 4 is 28.5 Å². The predicted octanol–water partition coefficient (Wildman–Crippen LogP) is 1.68. The fourth-order valence-corrected chi connectivity index (χ4v) is 3.10. The first-order chi connectivity index (χ1) is 8.40. The standard InChI is InChI=1S/C12H13N3OS/c16-6-5-14-11-8-2-1-4-13-10(8)9-3-7-17-12(9)15-11/h1-2,4,16H,3,5-7H2,(H,14,15). The van der Waals surface area contributed by atoms with Gasteiger partial charge in [-0.25, -0.2) is 4.98 Å². The molecule has 0 spiro atoms. The topological polar surface area (TPSA) is 58.0 Å². The largest absolute Gasteiger partial charge is 0.395 e. The van der Waals surface area contributed by atoms with Gasteiger partial charge in [0.15, 0.2) is 0 Å². The molecule has 0 unspecified atom stereocenters. The minimum atomic E-state index is 0.105. The van der Waals surface area contributed by atoms with Crippen LogP contribution in [0.1, 0.15) is 5.56 Å². The van der Waals surface area contributed by atoms with Crippen molar-refractivity contribution in [3.63, 3.8) is 0 Å². The summed E-state index contributed by atoms with van der Waals surface area (Å²) in [7, 11) is 0. The molecule has 4 nitrogen and oxygen atoms in total. The van der Waals surface area contributed by atoms with Gasteiger partial charge in [0.1, 0.15) is 10.8 Å². The molecule has 1 aliphatic heterocycles. The highest BCUT2D eigenvalue weighted by Gasteiger charge is 2.19. The Labute approximate surface area is 103 Å². The number of hydrogen-bond donors (Lipinski definition) is 2. The Hall–Kier alpha value is -1.33. The number of nitrogens with one attached hydrogen (secondary N) is 1. The lowest BCUT2D eigenvalue weighted by Gasteiger charge is -2.10. The number of aromatic nitrogens is 2. The third-order valence-corrected chi connectivity index (χ3v) is 3.83. The predicted molar refractivity (Wildman–Crippen MR) is 69.5 cm³/mol. The zero-order valence-corrected chi connectivity index (χ0v) is 10.1. The zero-order chi connectivity index (χ0) is 11.7. The third kappa shape index (κ3) is 1.85. The molecule has 2 N–H and O–H groups in total. The lowest BCUT2D eigenvalue weighted by Crippen LogP contribution is -2.08. The van der Waals surface area contributed by atoms with Crippen LogP contribution < -0.4 is 5.32 Å². The average molecular weight is 247 g/mol. The highest BCUT2D eigenvalue weighted by molar-refractivity contribution is 7.99. The van der Waals surface area contributed by atoms with E-state index in [-0.39, 0.29) is 6.61 Å². The minimum absolute atomic E-state index is 0.105. The van der Waals surface area contributed by atoms with Crippen molar-refractivity contribution < 1.29 is 5.11 Å². The van der Waals surface area contributed by atoms with Crippen LogP contribution in [-0.2, 0) is 6.42 Å². The number of aliphatic hydroxyl groups is 1. The number of aliphatic hydroxyl groups excluding tert-OH is 1. The van der Waals surface area contributed by atoms with Crippen LogP contribution in [0.15, 0.2) is 23.4 Å². The van der Waals surface area contributed by atoms with Gasteiger partial charge in [-0.15, -0.1) is 11.8 Å². The Morgan fingerprint density at radius 2 is 2.41 bits per heavy atom. The average Bonchev–Trinajstić information content (AvgIpc) is 2.84. The molecule has 1 aliphatic rings. The van der Waals surface area contributed by atoms with Gasteiger partial charge in [-0.05, 0) is 18.6 Å². The van der Waals surface area contributed by atoms with Gasteiger partial charge in [-0.2, -0.15) is 0 Å². The van der Waals surface area contributed by atoms with Crippen LogP contribution in [0.25, 0.3) is 10.9 Å². The van der Waals surface area contributed by atoms with Crippen molar-refractivity contribution in [3.05, 3.63) is 23.9 Å². The lowest BCUT2D eigenvalue weighted by molar-refractivity contribution is 0.311. The molecule has 17 heavy (non-hydrogen) atoms.